The van der Waals surface area contributed by atoms with Gasteiger partial charge in [-0.05, 0) is 23.5 Å². The second-order valence-electron chi connectivity index (χ2n) is 3.78. The van der Waals surface area contributed by atoms with Crippen LogP contribution < -0.4 is 5.46 Å². The van der Waals surface area contributed by atoms with Gasteiger partial charge in [-0.25, -0.2) is 8.78 Å². The maximum absolute atomic E-state index is 12.9. The Kier molecular flexibility index (Phi) is 3.02. The topological polar surface area (TPSA) is 18.5 Å². The fraction of sp³-hybridized carbons (Fsp3) is 0.400. The summed E-state index contributed by atoms with van der Waals surface area (Å²) in [7, 11) is -0.573. The van der Waals surface area contributed by atoms with Crippen LogP contribution in [0, 0.1) is 17.6 Å². The smallest absolute Gasteiger partial charge is 0.407 e. The Balaban J connectivity index is 2.12. The fourth-order valence-corrected chi connectivity index (χ4v) is 1.45. The molecule has 1 saturated heterocycles. The van der Waals surface area contributed by atoms with Crippen LogP contribution in [0.15, 0.2) is 18.2 Å². The van der Waals surface area contributed by atoms with Crippen molar-refractivity contribution in [3.05, 3.63) is 29.8 Å². The molecule has 1 fully saturated rings. The molecule has 0 radical (unpaired) electrons. The van der Waals surface area contributed by atoms with E-state index in [-0.39, 0.29) is 0 Å². The molecule has 0 aromatic heterocycles. The van der Waals surface area contributed by atoms with Crippen LogP contribution >= 0.6 is 0 Å². The van der Waals surface area contributed by atoms with E-state index in [0.29, 0.717) is 24.6 Å². The van der Waals surface area contributed by atoms with Crippen LogP contribution in [0.1, 0.15) is 6.92 Å². The summed E-state index contributed by atoms with van der Waals surface area (Å²) in [5.41, 5.74) is 0.515. The summed E-state index contributed by atoms with van der Waals surface area (Å²) < 4.78 is 36.3. The minimum absolute atomic E-state index is 0.339. The van der Waals surface area contributed by atoms with Gasteiger partial charge in [-0.1, -0.05) is 13.0 Å². The Morgan fingerprint density at radius 1 is 1.20 bits per heavy atom. The van der Waals surface area contributed by atoms with Crippen molar-refractivity contribution in [1.29, 1.82) is 0 Å². The number of halogens is 2. The van der Waals surface area contributed by atoms with E-state index in [4.69, 9.17) is 9.31 Å². The molecule has 0 atom stereocenters. The van der Waals surface area contributed by atoms with Crippen LogP contribution in [-0.2, 0) is 9.31 Å². The van der Waals surface area contributed by atoms with Crippen molar-refractivity contribution in [2.24, 2.45) is 5.92 Å². The molecule has 0 bridgehead atoms. The third-order valence-corrected chi connectivity index (χ3v) is 2.28. The third-order valence-electron chi connectivity index (χ3n) is 2.28. The second-order valence-corrected chi connectivity index (χ2v) is 3.78. The zero-order valence-electron chi connectivity index (χ0n) is 8.37. The number of rotatable bonds is 1. The van der Waals surface area contributed by atoms with E-state index in [1.807, 2.05) is 6.92 Å². The highest BCUT2D eigenvalue weighted by atomic mass is 19.2. The molecular formula is C10H11BF2O2. The Hall–Kier alpha value is -0.935. The molecule has 0 aliphatic carbocycles. The molecule has 0 unspecified atom stereocenters. The Bertz CT molecular complexity index is 351. The highest BCUT2D eigenvalue weighted by Crippen LogP contribution is 2.09. The first-order valence-corrected chi connectivity index (χ1v) is 4.85. The summed E-state index contributed by atoms with van der Waals surface area (Å²) in [6.07, 6.45) is 0. The van der Waals surface area contributed by atoms with Crippen molar-refractivity contribution in [3.63, 3.8) is 0 Å². The minimum atomic E-state index is -0.877. The predicted octanol–water partition coefficient (Wildman–Crippen LogP) is 1.34. The molecule has 2 rings (SSSR count). The van der Waals surface area contributed by atoms with Gasteiger partial charge >= 0.3 is 7.12 Å². The lowest BCUT2D eigenvalue weighted by Gasteiger charge is -2.24. The normalized spacial score (nSPS) is 18.2. The van der Waals surface area contributed by atoms with E-state index in [2.05, 4.69) is 0 Å². The molecule has 0 spiro atoms. The van der Waals surface area contributed by atoms with Gasteiger partial charge in [-0.15, -0.1) is 0 Å². The Morgan fingerprint density at radius 2 is 1.87 bits per heavy atom. The molecular weight excluding hydrogens is 201 g/mol. The minimum Gasteiger partial charge on any atom is -0.407 e. The predicted molar refractivity (Wildman–Crippen MR) is 52.8 cm³/mol. The van der Waals surface area contributed by atoms with Gasteiger partial charge in [0.25, 0.3) is 0 Å². The first-order chi connectivity index (χ1) is 7.16. The van der Waals surface area contributed by atoms with E-state index in [1.54, 1.807) is 0 Å². The molecule has 5 heteroatoms. The highest BCUT2D eigenvalue weighted by molar-refractivity contribution is 6.61. The van der Waals surface area contributed by atoms with Crippen molar-refractivity contribution in [1.82, 2.24) is 0 Å². The molecule has 1 aromatic rings. The van der Waals surface area contributed by atoms with Gasteiger partial charge in [0.2, 0.25) is 0 Å². The number of hydrogen-bond acceptors (Lipinski definition) is 2. The largest absolute Gasteiger partial charge is 0.493 e. The van der Waals surface area contributed by atoms with Gasteiger partial charge in [-0.2, -0.15) is 0 Å². The second kappa shape index (κ2) is 4.29. The van der Waals surface area contributed by atoms with Gasteiger partial charge in [0.15, 0.2) is 11.6 Å². The lowest BCUT2D eigenvalue weighted by Crippen LogP contribution is -2.43. The molecule has 0 N–H and O–H groups in total. The van der Waals surface area contributed by atoms with Crippen LogP contribution in [0.25, 0.3) is 0 Å². The van der Waals surface area contributed by atoms with Gasteiger partial charge < -0.3 is 9.31 Å². The number of hydrogen-bond donors (Lipinski definition) is 0. The molecule has 1 aliphatic heterocycles. The van der Waals surface area contributed by atoms with E-state index in [0.717, 1.165) is 12.1 Å². The molecule has 15 heavy (non-hydrogen) atoms. The third kappa shape index (κ3) is 2.35. The van der Waals surface area contributed by atoms with E-state index < -0.39 is 18.8 Å². The zero-order valence-corrected chi connectivity index (χ0v) is 8.37. The summed E-state index contributed by atoms with van der Waals surface area (Å²) in [5.74, 6) is -1.40. The van der Waals surface area contributed by atoms with Crippen molar-refractivity contribution >= 4 is 12.6 Å². The monoisotopic (exact) mass is 212 g/mol. The van der Waals surface area contributed by atoms with Crippen molar-refractivity contribution in [2.75, 3.05) is 13.2 Å². The molecule has 2 nitrogen and oxygen atoms in total. The lowest BCUT2D eigenvalue weighted by molar-refractivity contribution is 0.0957. The average molecular weight is 212 g/mol. The molecule has 0 saturated carbocycles. The van der Waals surface area contributed by atoms with Crippen molar-refractivity contribution in [3.8, 4) is 0 Å². The standard InChI is InChI=1S/C10H11BF2O2/c1-7-5-14-11(15-6-7)8-2-3-9(12)10(13)4-8/h2-4,7H,5-6H2,1H3. The van der Waals surface area contributed by atoms with Crippen LogP contribution in [0.3, 0.4) is 0 Å². The average Bonchev–Trinajstić information content (AvgIpc) is 2.23. The van der Waals surface area contributed by atoms with Gasteiger partial charge in [0.05, 0.1) is 0 Å². The maximum atomic E-state index is 12.9. The van der Waals surface area contributed by atoms with Crippen LogP contribution in [0.5, 0.6) is 0 Å². The van der Waals surface area contributed by atoms with Gasteiger partial charge in [0, 0.05) is 13.2 Å². The molecule has 1 heterocycles. The molecule has 80 valence electrons. The van der Waals surface area contributed by atoms with Gasteiger partial charge in [0.1, 0.15) is 0 Å². The number of benzene rings is 1. The summed E-state index contributed by atoms with van der Waals surface area (Å²) in [6, 6.07) is 3.66. The summed E-state index contributed by atoms with van der Waals surface area (Å²) >= 11 is 0. The Labute approximate surface area is 87.3 Å². The SMILES string of the molecule is CC1COB(c2ccc(F)c(F)c2)OC1. The highest BCUT2D eigenvalue weighted by Gasteiger charge is 2.27. The van der Waals surface area contributed by atoms with Crippen LogP contribution in [0.2, 0.25) is 0 Å². The summed E-state index contributed by atoms with van der Waals surface area (Å²) in [4.78, 5) is 0. The summed E-state index contributed by atoms with van der Waals surface area (Å²) in [5, 5.41) is 0. The zero-order chi connectivity index (χ0) is 10.8. The van der Waals surface area contributed by atoms with Gasteiger partial charge in [-0.3, -0.25) is 0 Å². The van der Waals surface area contributed by atoms with Crippen LogP contribution in [0.4, 0.5) is 8.78 Å². The van der Waals surface area contributed by atoms with Crippen molar-refractivity contribution < 1.29 is 18.1 Å². The Morgan fingerprint density at radius 3 is 2.47 bits per heavy atom. The van der Waals surface area contributed by atoms with E-state index >= 15 is 0 Å². The van der Waals surface area contributed by atoms with Crippen molar-refractivity contribution in [2.45, 2.75) is 6.92 Å². The fourth-order valence-electron chi connectivity index (χ4n) is 1.45. The quantitative estimate of drug-likeness (QED) is 0.654. The van der Waals surface area contributed by atoms with Crippen LogP contribution in [-0.4, -0.2) is 20.3 Å². The van der Waals surface area contributed by atoms with E-state index in [1.165, 1.54) is 6.07 Å². The first-order valence-electron chi connectivity index (χ1n) is 4.85. The summed E-state index contributed by atoms with van der Waals surface area (Å²) in [6.45, 7) is 3.15. The first kappa shape index (κ1) is 10.6. The van der Waals surface area contributed by atoms with E-state index in [9.17, 15) is 8.78 Å². The molecule has 0 amide bonds. The molecule has 1 aliphatic rings. The lowest BCUT2D eigenvalue weighted by atomic mass is 9.77. The molecule has 1 aromatic carbocycles. The maximum Gasteiger partial charge on any atom is 0.493 e.